The minimum absolute atomic E-state index is 0.249. The van der Waals surface area contributed by atoms with Crippen LogP contribution in [-0.4, -0.2) is 36.4 Å². The lowest BCUT2D eigenvalue weighted by atomic mass is 9.78. The number of rotatable bonds is 3. The van der Waals surface area contributed by atoms with Crippen LogP contribution in [0.15, 0.2) is 24.4 Å². The molecule has 0 amide bonds. The molecule has 1 saturated heterocycles. The molecule has 5 nitrogen and oxygen atoms in total. The van der Waals surface area contributed by atoms with E-state index >= 15 is 0 Å². The smallest absolute Gasteiger partial charge is 0.469 e. The maximum absolute atomic E-state index is 11.5. The zero-order valence-corrected chi connectivity index (χ0v) is 14.2. The molecule has 0 unspecified atom stereocenters. The molecular weight excluding hydrogens is 293 g/mol. The Morgan fingerprint density at radius 2 is 1.87 bits per heavy atom. The van der Waals surface area contributed by atoms with Gasteiger partial charge in [-0.3, -0.25) is 4.79 Å². The van der Waals surface area contributed by atoms with Crippen molar-refractivity contribution < 1.29 is 18.8 Å². The van der Waals surface area contributed by atoms with Crippen molar-refractivity contribution >= 4 is 29.5 Å². The second-order valence-electron chi connectivity index (χ2n) is 6.96. The monoisotopic (exact) mass is 315 g/mol. The molecule has 0 atom stereocenters. The third-order valence-corrected chi connectivity index (χ3v) is 4.88. The lowest BCUT2D eigenvalue weighted by Crippen LogP contribution is -2.41. The van der Waals surface area contributed by atoms with Crippen LogP contribution in [0.4, 0.5) is 0 Å². The molecule has 2 aromatic rings. The van der Waals surface area contributed by atoms with Crippen molar-refractivity contribution in [2.75, 3.05) is 7.11 Å². The second-order valence-corrected chi connectivity index (χ2v) is 6.96. The molecule has 0 radical (unpaired) electrons. The summed E-state index contributed by atoms with van der Waals surface area (Å²) >= 11 is 0. The molecule has 2 heterocycles. The van der Waals surface area contributed by atoms with E-state index < -0.39 is 7.12 Å². The fraction of sp³-hybridized carbons (Fsp3) is 0.471. The van der Waals surface area contributed by atoms with Crippen molar-refractivity contribution in [3.63, 3.8) is 0 Å². The van der Waals surface area contributed by atoms with E-state index in [0.717, 1.165) is 21.9 Å². The van der Waals surface area contributed by atoms with E-state index in [2.05, 4.69) is 4.98 Å². The third kappa shape index (κ3) is 2.77. The van der Waals surface area contributed by atoms with Crippen LogP contribution in [0.25, 0.3) is 10.9 Å². The average Bonchev–Trinajstić information content (AvgIpc) is 2.97. The van der Waals surface area contributed by atoms with Gasteiger partial charge in [-0.1, -0.05) is 12.1 Å². The Kier molecular flexibility index (Phi) is 3.77. The van der Waals surface area contributed by atoms with Crippen molar-refractivity contribution in [3.05, 3.63) is 30.0 Å². The number of benzene rings is 1. The molecule has 0 aliphatic carbocycles. The highest BCUT2D eigenvalue weighted by molar-refractivity contribution is 6.62. The van der Waals surface area contributed by atoms with E-state index in [1.54, 1.807) is 0 Å². The van der Waals surface area contributed by atoms with E-state index in [4.69, 9.17) is 14.0 Å². The number of methoxy groups -OCH3 is 1. The quantitative estimate of drug-likeness (QED) is 0.697. The first-order valence-corrected chi connectivity index (χ1v) is 7.76. The Hall–Kier alpha value is -1.79. The van der Waals surface area contributed by atoms with Crippen LogP contribution >= 0.6 is 0 Å². The summed E-state index contributed by atoms with van der Waals surface area (Å²) < 4.78 is 16.9. The van der Waals surface area contributed by atoms with Crippen LogP contribution in [0.2, 0.25) is 0 Å². The summed E-state index contributed by atoms with van der Waals surface area (Å²) in [6.45, 7) is 8.15. The summed E-state index contributed by atoms with van der Waals surface area (Å²) in [7, 11) is 1.00. The van der Waals surface area contributed by atoms with Crippen molar-refractivity contribution in [3.8, 4) is 0 Å². The van der Waals surface area contributed by atoms with Crippen molar-refractivity contribution in [2.24, 2.45) is 0 Å². The molecule has 1 N–H and O–H groups in total. The molecule has 23 heavy (non-hydrogen) atoms. The molecule has 122 valence electrons. The zero-order chi connectivity index (χ0) is 16.8. The van der Waals surface area contributed by atoms with Gasteiger partial charge in [-0.05, 0) is 44.8 Å². The normalized spacial score (nSPS) is 19.3. The summed E-state index contributed by atoms with van der Waals surface area (Å²) in [5, 5.41) is 1.01. The molecule has 0 saturated carbocycles. The van der Waals surface area contributed by atoms with E-state index in [0.29, 0.717) is 0 Å². The van der Waals surface area contributed by atoms with Gasteiger partial charge in [0.1, 0.15) is 0 Å². The number of fused-ring (bicyclic) bond motifs is 1. The largest absolute Gasteiger partial charge is 0.494 e. The predicted octanol–water partition coefficient (Wildman–Crippen LogP) is 2.18. The van der Waals surface area contributed by atoms with Gasteiger partial charge in [0.2, 0.25) is 0 Å². The predicted molar refractivity (Wildman–Crippen MR) is 89.7 cm³/mol. The number of ether oxygens (including phenoxy) is 1. The molecule has 1 aliphatic rings. The number of H-pyrrole nitrogens is 1. The molecule has 1 aromatic heterocycles. The standard InChI is InChI=1S/C17H22BNO4/c1-16(2)17(3,4)23-18(22-16)12-6-7-13-11(8-15(20)21-5)10-19-14(13)9-12/h6-7,9-10,19H,8H2,1-5H3. The van der Waals surface area contributed by atoms with E-state index in [1.807, 2.05) is 52.1 Å². The second kappa shape index (κ2) is 5.39. The minimum Gasteiger partial charge on any atom is -0.469 e. The Labute approximate surface area is 136 Å². The SMILES string of the molecule is COC(=O)Cc1c[nH]c2cc(B3OC(C)(C)C(C)(C)O3)ccc12. The summed E-state index contributed by atoms with van der Waals surface area (Å²) in [5.74, 6) is -0.249. The van der Waals surface area contributed by atoms with E-state index in [-0.39, 0.29) is 23.6 Å². The van der Waals surface area contributed by atoms with Gasteiger partial charge < -0.3 is 19.0 Å². The number of aromatic amines is 1. The lowest BCUT2D eigenvalue weighted by Gasteiger charge is -2.32. The maximum Gasteiger partial charge on any atom is 0.494 e. The van der Waals surface area contributed by atoms with E-state index in [1.165, 1.54) is 7.11 Å². The van der Waals surface area contributed by atoms with Gasteiger partial charge in [-0.15, -0.1) is 0 Å². The Bertz CT molecular complexity index is 734. The molecule has 1 fully saturated rings. The van der Waals surface area contributed by atoms with Crippen LogP contribution in [0.3, 0.4) is 0 Å². The van der Waals surface area contributed by atoms with Gasteiger partial charge >= 0.3 is 13.1 Å². The fourth-order valence-corrected chi connectivity index (χ4v) is 2.70. The number of hydrogen-bond donors (Lipinski definition) is 1. The first-order chi connectivity index (χ1) is 10.7. The van der Waals surface area contributed by atoms with Crippen molar-refractivity contribution in [1.29, 1.82) is 0 Å². The number of carbonyl (C=O) groups is 1. The molecule has 3 rings (SSSR count). The topological polar surface area (TPSA) is 60.6 Å². The van der Waals surface area contributed by atoms with E-state index in [9.17, 15) is 4.79 Å². The molecule has 1 aromatic carbocycles. The van der Waals surface area contributed by atoms with Gasteiger partial charge in [-0.2, -0.15) is 0 Å². The van der Waals surface area contributed by atoms with Crippen LogP contribution < -0.4 is 5.46 Å². The number of hydrogen-bond acceptors (Lipinski definition) is 4. The highest BCUT2D eigenvalue weighted by Gasteiger charge is 2.51. The Morgan fingerprint density at radius 1 is 1.22 bits per heavy atom. The number of esters is 1. The van der Waals surface area contributed by atoms with Crippen LogP contribution in [0, 0.1) is 0 Å². The highest BCUT2D eigenvalue weighted by atomic mass is 16.7. The van der Waals surface area contributed by atoms with Gasteiger partial charge in [-0.25, -0.2) is 0 Å². The molecule has 1 aliphatic heterocycles. The number of carbonyl (C=O) groups excluding carboxylic acids is 1. The lowest BCUT2D eigenvalue weighted by molar-refractivity contribution is -0.139. The maximum atomic E-state index is 11.5. The van der Waals surface area contributed by atoms with Gasteiger partial charge in [0.25, 0.3) is 0 Å². The van der Waals surface area contributed by atoms with Gasteiger partial charge in [0, 0.05) is 17.1 Å². The fourth-order valence-electron chi connectivity index (χ4n) is 2.70. The third-order valence-electron chi connectivity index (χ3n) is 4.88. The van der Waals surface area contributed by atoms with Gasteiger partial charge in [0.15, 0.2) is 0 Å². The highest BCUT2D eigenvalue weighted by Crippen LogP contribution is 2.36. The summed E-state index contributed by atoms with van der Waals surface area (Å²) in [4.78, 5) is 14.7. The minimum atomic E-state index is -0.392. The first kappa shape index (κ1) is 16.1. The number of nitrogens with one attached hydrogen (secondary N) is 1. The summed E-state index contributed by atoms with van der Waals surface area (Å²) in [6, 6.07) is 5.99. The summed E-state index contributed by atoms with van der Waals surface area (Å²) in [6.07, 6.45) is 2.10. The van der Waals surface area contributed by atoms with Gasteiger partial charge in [0.05, 0.1) is 24.7 Å². The van der Waals surface area contributed by atoms with Crippen LogP contribution in [0.1, 0.15) is 33.3 Å². The van der Waals surface area contributed by atoms with Crippen LogP contribution in [0.5, 0.6) is 0 Å². The van der Waals surface area contributed by atoms with Crippen molar-refractivity contribution in [2.45, 2.75) is 45.3 Å². The Morgan fingerprint density at radius 3 is 2.48 bits per heavy atom. The molecular formula is C17H22BNO4. The Balaban J connectivity index is 1.89. The zero-order valence-electron chi connectivity index (χ0n) is 14.2. The number of aromatic nitrogens is 1. The van der Waals surface area contributed by atoms with Crippen LogP contribution in [-0.2, 0) is 25.3 Å². The molecule has 6 heteroatoms. The first-order valence-electron chi connectivity index (χ1n) is 7.76. The average molecular weight is 315 g/mol. The van der Waals surface area contributed by atoms with Crippen molar-refractivity contribution in [1.82, 2.24) is 4.98 Å². The molecule has 0 spiro atoms. The summed E-state index contributed by atoms with van der Waals surface area (Å²) in [5.41, 5.74) is 2.11. The molecule has 0 bridgehead atoms.